The Labute approximate surface area is 119 Å². The van der Waals surface area contributed by atoms with Gasteiger partial charge in [0, 0.05) is 18.4 Å². The van der Waals surface area contributed by atoms with E-state index in [2.05, 4.69) is 16.0 Å². The van der Waals surface area contributed by atoms with E-state index < -0.39 is 0 Å². The van der Waals surface area contributed by atoms with Gasteiger partial charge in [-0.3, -0.25) is 4.79 Å². The van der Waals surface area contributed by atoms with Crippen molar-refractivity contribution in [3.8, 4) is 0 Å². The molecule has 0 radical (unpaired) electrons. The Morgan fingerprint density at radius 2 is 1.95 bits per heavy atom. The molecule has 2 rings (SSSR count). The van der Waals surface area contributed by atoms with E-state index in [1.807, 2.05) is 32.9 Å². The number of hydrogen-bond donors (Lipinski definition) is 0. The second-order valence-corrected chi connectivity index (χ2v) is 4.83. The number of nitrogens with zero attached hydrogens (tertiary/aromatic N) is 3. The molecular formula is C16H19N3O. The van der Waals surface area contributed by atoms with Gasteiger partial charge in [-0.05, 0) is 45.4 Å². The fraction of sp³-hybridized carbons (Fsp3) is 0.312. The maximum absolute atomic E-state index is 12.6. The molecule has 4 heteroatoms. The molecule has 0 saturated carbocycles. The minimum Gasteiger partial charge on any atom is -0.307 e. The van der Waals surface area contributed by atoms with Crippen LogP contribution >= 0.6 is 0 Å². The first-order valence-electron chi connectivity index (χ1n) is 6.71. The number of amides is 1. The zero-order valence-corrected chi connectivity index (χ0v) is 12.3. The lowest BCUT2D eigenvalue weighted by Crippen LogP contribution is -2.32. The summed E-state index contributed by atoms with van der Waals surface area (Å²) < 4.78 is 0. The second kappa shape index (κ2) is 5.82. The molecule has 4 nitrogen and oxygen atoms in total. The number of aryl methyl sites for hydroxylation is 3. The van der Waals surface area contributed by atoms with E-state index >= 15 is 0 Å². The van der Waals surface area contributed by atoms with E-state index in [1.165, 1.54) is 5.56 Å². The summed E-state index contributed by atoms with van der Waals surface area (Å²) in [4.78, 5) is 22.6. The molecule has 0 atom stereocenters. The lowest BCUT2D eigenvalue weighted by Gasteiger charge is -2.23. The number of anilines is 1. The molecule has 20 heavy (non-hydrogen) atoms. The Morgan fingerprint density at radius 1 is 1.20 bits per heavy atom. The number of aromatic nitrogens is 2. The Morgan fingerprint density at radius 3 is 2.55 bits per heavy atom. The van der Waals surface area contributed by atoms with E-state index in [9.17, 15) is 4.79 Å². The maximum atomic E-state index is 12.6. The van der Waals surface area contributed by atoms with Crippen LogP contribution in [0.2, 0.25) is 0 Å². The molecule has 1 amide bonds. The fourth-order valence-electron chi connectivity index (χ4n) is 2.25. The van der Waals surface area contributed by atoms with Crippen molar-refractivity contribution in [2.45, 2.75) is 27.7 Å². The van der Waals surface area contributed by atoms with E-state index in [0.29, 0.717) is 18.1 Å². The average molecular weight is 269 g/mol. The third-order valence-electron chi connectivity index (χ3n) is 3.20. The van der Waals surface area contributed by atoms with Gasteiger partial charge in [0.2, 0.25) is 0 Å². The number of carbonyl (C=O) groups excluding carboxylic acids is 1. The molecule has 2 aromatic rings. The predicted molar refractivity (Wildman–Crippen MR) is 80.0 cm³/mol. The molecule has 0 aliphatic carbocycles. The Balaban J connectivity index is 2.39. The average Bonchev–Trinajstić information content (AvgIpc) is 2.41. The van der Waals surface area contributed by atoms with Gasteiger partial charge >= 0.3 is 0 Å². The summed E-state index contributed by atoms with van der Waals surface area (Å²) in [6, 6.07) is 7.74. The van der Waals surface area contributed by atoms with Crippen LogP contribution in [0.15, 0.2) is 30.5 Å². The Hall–Kier alpha value is -2.23. The van der Waals surface area contributed by atoms with Gasteiger partial charge in [0.15, 0.2) is 0 Å². The van der Waals surface area contributed by atoms with E-state index in [-0.39, 0.29) is 5.91 Å². The van der Waals surface area contributed by atoms with Crippen molar-refractivity contribution in [2.24, 2.45) is 0 Å². The van der Waals surface area contributed by atoms with Crippen LogP contribution in [0.4, 0.5) is 5.69 Å². The summed E-state index contributed by atoms with van der Waals surface area (Å²) >= 11 is 0. The van der Waals surface area contributed by atoms with Crippen molar-refractivity contribution < 1.29 is 4.79 Å². The molecule has 0 aliphatic rings. The zero-order valence-electron chi connectivity index (χ0n) is 12.3. The second-order valence-electron chi connectivity index (χ2n) is 4.83. The number of hydrogen-bond acceptors (Lipinski definition) is 3. The van der Waals surface area contributed by atoms with E-state index in [0.717, 1.165) is 11.3 Å². The van der Waals surface area contributed by atoms with E-state index in [1.54, 1.807) is 24.1 Å². The molecule has 1 aromatic heterocycles. The third-order valence-corrected chi connectivity index (χ3v) is 3.20. The van der Waals surface area contributed by atoms with Crippen LogP contribution in [-0.4, -0.2) is 22.4 Å². The summed E-state index contributed by atoms with van der Waals surface area (Å²) in [5, 5.41) is 0. The normalized spacial score (nSPS) is 10.4. The third kappa shape index (κ3) is 2.85. The minimum absolute atomic E-state index is 0.0926. The smallest absolute Gasteiger partial charge is 0.276 e. The number of carbonyl (C=O) groups is 1. The first kappa shape index (κ1) is 14.2. The Kier molecular flexibility index (Phi) is 4.13. The molecule has 0 spiro atoms. The largest absolute Gasteiger partial charge is 0.307 e. The van der Waals surface area contributed by atoms with Gasteiger partial charge in [-0.25, -0.2) is 9.97 Å². The monoisotopic (exact) mass is 269 g/mol. The first-order valence-corrected chi connectivity index (χ1v) is 6.71. The van der Waals surface area contributed by atoms with Gasteiger partial charge in [-0.1, -0.05) is 17.7 Å². The van der Waals surface area contributed by atoms with Crippen molar-refractivity contribution in [1.29, 1.82) is 0 Å². The highest BCUT2D eigenvalue weighted by atomic mass is 16.2. The highest BCUT2D eigenvalue weighted by Gasteiger charge is 2.19. The predicted octanol–water partition coefficient (Wildman–Crippen LogP) is 3.07. The quantitative estimate of drug-likeness (QED) is 0.860. The van der Waals surface area contributed by atoms with Crippen molar-refractivity contribution in [2.75, 3.05) is 11.4 Å². The summed E-state index contributed by atoms with van der Waals surface area (Å²) in [5.74, 6) is 0.512. The van der Waals surface area contributed by atoms with Gasteiger partial charge in [0.1, 0.15) is 11.5 Å². The topological polar surface area (TPSA) is 46.1 Å². The van der Waals surface area contributed by atoms with Crippen LogP contribution in [0, 0.1) is 20.8 Å². The fourth-order valence-corrected chi connectivity index (χ4v) is 2.25. The molecular weight excluding hydrogens is 250 g/mol. The van der Waals surface area contributed by atoms with Crippen molar-refractivity contribution in [3.63, 3.8) is 0 Å². The maximum Gasteiger partial charge on any atom is 0.276 e. The van der Waals surface area contributed by atoms with Crippen LogP contribution in [0.3, 0.4) is 0 Å². The molecule has 0 unspecified atom stereocenters. The first-order chi connectivity index (χ1) is 9.52. The standard InChI is InChI=1S/C16H19N3O/c1-5-19(15-7-6-11(2)10-12(15)3)16(20)14-8-9-17-13(4)18-14/h6-10H,5H2,1-4H3. The highest BCUT2D eigenvalue weighted by molar-refractivity contribution is 6.05. The van der Waals surface area contributed by atoms with Gasteiger partial charge in [0.25, 0.3) is 5.91 Å². The van der Waals surface area contributed by atoms with Crippen LogP contribution in [0.5, 0.6) is 0 Å². The molecule has 0 N–H and O–H groups in total. The molecule has 0 saturated heterocycles. The zero-order chi connectivity index (χ0) is 14.7. The van der Waals surface area contributed by atoms with Crippen molar-refractivity contribution in [1.82, 2.24) is 9.97 Å². The van der Waals surface area contributed by atoms with Crippen LogP contribution < -0.4 is 4.90 Å². The minimum atomic E-state index is -0.0926. The van der Waals surface area contributed by atoms with Gasteiger partial charge in [0.05, 0.1) is 0 Å². The van der Waals surface area contributed by atoms with Crippen LogP contribution in [-0.2, 0) is 0 Å². The summed E-state index contributed by atoms with van der Waals surface area (Å²) in [7, 11) is 0. The molecule has 1 heterocycles. The molecule has 0 fully saturated rings. The van der Waals surface area contributed by atoms with Gasteiger partial charge < -0.3 is 4.90 Å². The highest BCUT2D eigenvalue weighted by Crippen LogP contribution is 2.22. The van der Waals surface area contributed by atoms with Crippen LogP contribution in [0.1, 0.15) is 34.4 Å². The molecule has 0 bridgehead atoms. The molecule has 1 aromatic carbocycles. The number of rotatable bonds is 3. The summed E-state index contributed by atoms with van der Waals surface area (Å²) in [5.41, 5.74) is 3.64. The SMILES string of the molecule is CCN(C(=O)c1ccnc(C)n1)c1ccc(C)cc1C. The van der Waals surface area contributed by atoms with Gasteiger partial charge in [-0.15, -0.1) is 0 Å². The summed E-state index contributed by atoms with van der Waals surface area (Å²) in [6.45, 7) is 8.41. The lowest BCUT2D eigenvalue weighted by atomic mass is 10.1. The molecule has 0 aliphatic heterocycles. The summed E-state index contributed by atoms with van der Waals surface area (Å²) in [6.07, 6.45) is 1.62. The van der Waals surface area contributed by atoms with Crippen LogP contribution in [0.25, 0.3) is 0 Å². The van der Waals surface area contributed by atoms with Crippen molar-refractivity contribution in [3.05, 3.63) is 53.1 Å². The Bertz CT molecular complexity index is 637. The lowest BCUT2D eigenvalue weighted by molar-refractivity contribution is 0.0983. The van der Waals surface area contributed by atoms with Gasteiger partial charge in [-0.2, -0.15) is 0 Å². The molecule has 104 valence electrons. The van der Waals surface area contributed by atoms with E-state index in [4.69, 9.17) is 0 Å². The number of benzene rings is 1. The van der Waals surface area contributed by atoms with Crippen molar-refractivity contribution >= 4 is 11.6 Å².